The first kappa shape index (κ1) is 15.2. The van der Waals surface area contributed by atoms with Crippen molar-refractivity contribution in [3.05, 3.63) is 63.6 Å². The standard InChI is InChI=1S/C15H15Cl2FN2/c1-2-19-14(7-10-5-3-4-6-13(10)18)15-12(17)8-11(16)9-20-15/h3-6,8-9,14,19H,2,7H2,1H3. The van der Waals surface area contributed by atoms with Crippen molar-refractivity contribution in [2.24, 2.45) is 0 Å². The minimum Gasteiger partial charge on any atom is -0.309 e. The number of hydrogen-bond donors (Lipinski definition) is 1. The largest absolute Gasteiger partial charge is 0.309 e. The molecule has 20 heavy (non-hydrogen) atoms. The molecule has 0 fully saturated rings. The van der Waals surface area contributed by atoms with E-state index in [-0.39, 0.29) is 11.9 Å². The van der Waals surface area contributed by atoms with Crippen molar-refractivity contribution in [2.45, 2.75) is 19.4 Å². The van der Waals surface area contributed by atoms with Crippen molar-refractivity contribution in [3.8, 4) is 0 Å². The third-order valence-corrected chi connectivity index (χ3v) is 3.51. The molecule has 1 unspecified atom stereocenters. The smallest absolute Gasteiger partial charge is 0.126 e. The van der Waals surface area contributed by atoms with Crippen LogP contribution in [-0.2, 0) is 6.42 Å². The summed E-state index contributed by atoms with van der Waals surface area (Å²) in [5.41, 5.74) is 1.31. The SMILES string of the molecule is CCNC(Cc1ccccc1F)c1ncc(Cl)cc1Cl. The molecule has 1 aromatic carbocycles. The molecule has 106 valence electrons. The van der Waals surface area contributed by atoms with E-state index < -0.39 is 0 Å². The Labute approximate surface area is 127 Å². The lowest BCUT2D eigenvalue weighted by atomic mass is 10.0. The van der Waals surface area contributed by atoms with Crippen molar-refractivity contribution in [1.29, 1.82) is 0 Å². The van der Waals surface area contributed by atoms with Crippen LogP contribution in [0.15, 0.2) is 36.5 Å². The van der Waals surface area contributed by atoms with E-state index in [1.807, 2.05) is 13.0 Å². The van der Waals surface area contributed by atoms with Crippen LogP contribution in [0.1, 0.15) is 24.2 Å². The number of rotatable bonds is 5. The van der Waals surface area contributed by atoms with Gasteiger partial charge < -0.3 is 5.32 Å². The summed E-state index contributed by atoms with van der Waals surface area (Å²) in [6, 6.07) is 8.21. The Bertz CT molecular complexity index is 590. The number of nitrogens with zero attached hydrogens (tertiary/aromatic N) is 1. The average Bonchev–Trinajstić information content (AvgIpc) is 2.41. The lowest BCUT2D eigenvalue weighted by molar-refractivity contribution is 0.518. The number of halogens is 3. The number of benzene rings is 1. The fraction of sp³-hybridized carbons (Fsp3) is 0.267. The number of aromatic nitrogens is 1. The van der Waals surface area contributed by atoms with Gasteiger partial charge in [-0.1, -0.05) is 48.3 Å². The molecule has 0 bridgehead atoms. The maximum Gasteiger partial charge on any atom is 0.126 e. The van der Waals surface area contributed by atoms with Crippen LogP contribution in [0.2, 0.25) is 10.0 Å². The zero-order chi connectivity index (χ0) is 14.5. The Balaban J connectivity index is 2.29. The number of hydrogen-bond acceptors (Lipinski definition) is 2. The third-order valence-electron chi connectivity index (χ3n) is 3.00. The highest BCUT2D eigenvalue weighted by atomic mass is 35.5. The van der Waals surface area contributed by atoms with Crippen LogP contribution in [0, 0.1) is 5.82 Å². The van der Waals surface area contributed by atoms with Gasteiger partial charge in [-0.3, -0.25) is 4.98 Å². The summed E-state index contributed by atoms with van der Waals surface area (Å²) in [4.78, 5) is 4.27. The van der Waals surface area contributed by atoms with Gasteiger partial charge in [-0.25, -0.2) is 4.39 Å². The molecule has 0 spiro atoms. The summed E-state index contributed by atoms with van der Waals surface area (Å²) in [6.45, 7) is 2.72. The van der Waals surface area contributed by atoms with E-state index in [1.54, 1.807) is 24.4 Å². The van der Waals surface area contributed by atoms with Crippen molar-refractivity contribution in [2.75, 3.05) is 6.54 Å². The van der Waals surface area contributed by atoms with Crippen molar-refractivity contribution in [1.82, 2.24) is 10.3 Å². The molecule has 0 aliphatic rings. The monoisotopic (exact) mass is 312 g/mol. The van der Waals surface area contributed by atoms with Crippen LogP contribution in [0.25, 0.3) is 0 Å². The van der Waals surface area contributed by atoms with Crippen molar-refractivity contribution >= 4 is 23.2 Å². The number of nitrogens with one attached hydrogen (secondary N) is 1. The molecule has 1 heterocycles. The number of likely N-dealkylation sites (N-methyl/N-ethyl adjacent to an activating group) is 1. The Morgan fingerprint density at radius 3 is 2.70 bits per heavy atom. The van der Waals surface area contributed by atoms with Crippen LogP contribution >= 0.6 is 23.2 Å². The van der Waals surface area contributed by atoms with Gasteiger partial charge in [-0.15, -0.1) is 0 Å². The summed E-state index contributed by atoms with van der Waals surface area (Å²) in [6.07, 6.45) is 2.03. The molecule has 0 radical (unpaired) electrons. The van der Waals surface area contributed by atoms with E-state index >= 15 is 0 Å². The zero-order valence-electron chi connectivity index (χ0n) is 11.0. The highest BCUT2D eigenvalue weighted by Gasteiger charge is 2.18. The van der Waals surface area contributed by atoms with E-state index in [0.29, 0.717) is 27.7 Å². The second-order valence-electron chi connectivity index (χ2n) is 4.43. The number of pyridine rings is 1. The van der Waals surface area contributed by atoms with E-state index in [1.165, 1.54) is 6.07 Å². The summed E-state index contributed by atoms with van der Waals surface area (Å²) < 4.78 is 13.8. The molecule has 1 aromatic heterocycles. The first-order valence-electron chi connectivity index (χ1n) is 6.39. The van der Waals surface area contributed by atoms with Gasteiger partial charge in [0, 0.05) is 6.20 Å². The Morgan fingerprint density at radius 2 is 2.05 bits per heavy atom. The normalized spacial score (nSPS) is 12.4. The summed E-state index contributed by atoms with van der Waals surface area (Å²) >= 11 is 12.0. The molecule has 2 rings (SSSR count). The second-order valence-corrected chi connectivity index (χ2v) is 5.27. The van der Waals surface area contributed by atoms with Crippen LogP contribution < -0.4 is 5.32 Å². The van der Waals surface area contributed by atoms with Gasteiger partial charge in [-0.2, -0.15) is 0 Å². The first-order chi connectivity index (χ1) is 9.61. The molecule has 5 heteroatoms. The molecular weight excluding hydrogens is 298 g/mol. The van der Waals surface area contributed by atoms with Gasteiger partial charge in [-0.05, 0) is 30.7 Å². The average molecular weight is 313 g/mol. The summed E-state index contributed by atoms with van der Waals surface area (Å²) in [5, 5.41) is 4.25. The fourth-order valence-corrected chi connectivity index (χ4v) is 2.59. The lowest BCUT2D eigenvalue weighted by Crippen LogP contribution is -2.24. The maximum absolute atomic E-state index is 13.8. The minimum atomic E-state index is -0.222. The van der Waals surface area contributed by atoms with E-state index in [9.17, 15) is 4.39 Å². The molecule has 0 saturated carbocycles. The molecule has 2 nitrogen and oxygen atoms in total. The van der Waals surface area contributed by atoms with E-state index in [0.717, 1.165) is 6.54 Å². The van der Waals surface area contributed by atoms with Gasteiger partial charge in [0.1, 0.15) is 5.82 Å². The lowest BCUT2D eigenvalue weighted by Gasteiger charge is -2.19. The van der Waals surface area contributed by atoms with E-state index in [2.05, 4.69) is 10.3 Å². The van der Waals surface area contributed by atoms with Gasteiger partial charge in [0.15, 0.2) is 0 Å². The first-order valence-corrected chi connectivity index (χ1v) is 7.15. The molecule has 0 saturated heterocycles. The Morgan fingerprint density at radius 1 is 1.30 bits per heavy atom. The quantitative estimate of drug-likeness (QED) is 0.884. The van der Waals surface area contributed by atoms with Crippen LogP contribution in [0.3, 0.4) is 0 Å². The predicted octanol–water partition coefficient (Wildman–Crippen LogP) is 4.42. The summed E-state index contributed by atoms with van der Waals surface area (Å²) in [5.74, 6) is -0.222. The second kappa shape index (κ2) is 7.02. The van der Waals surface area contributed by atoms with Crippen LogP contribution in [0.4, 0.5) is 4.39 Å². The van der Waals surface area contributed by atoms with Crippen LogP contribution in [-0.4, -0.2) is 11.5 Å². The molecule has 0 aliphatic heterocycles. The molecular formula is C15H15Cl2FN2. The highest BCUT2D eigenvalue weighted by molar-refractivity contribution is 6.34. The van der Waals surface area contributed by atoms with Crippen molar-refractivity contribution in [3.63, 3.8) is 0 Å². The van der Waals surface area contributed by atoms with Crippen molar-refractivity contribution < 1.29 is 4.39 Å². The third kappa shape index (κ3) is 3.69. The predicted molar refractivity (Wildman–Crippen MR) is 80.8 cm³/mol. The topological polar surface area (TPSA) is 24.9 Å². The van der Waals surface area contributed by atoms with E-state index in [4.69, 9.17) is 23.2 Å². The molecule has 0 amide bonds. The summed E-state index contributed by atoms with van der Waals surface area (Å²) in [7, 11) is 0. The maximum atomic E-state index is 13.8. The Kier molecular flexibility index (Phi) is 5.35. The van der Waals surface area contributed by atoms with Gasteiger partial charge in [0.2, 0.25) is 0 Å². The molecule has 1 atom stereocenters. The van der Waals surface area contributed by atoms with Crippen LogP contribution in [0.5, 0.6) is 0 Å². The van der Waals surface area contributed by atoms with Gasteiger partial charge in [0.25, 0.3) is 0 Å². The molecule has 2 aromatic rings. The fourth-order valence-electron chi connectivity index (χ4n) is 2.08. The Hall–Kier alpha value is -1.16. The minimum absolute atomic E-state index is 0.151. The molecule has 1 N–H and O–H groups in total. The van der Waals surface area contributed by atoms with Gasteiger partial charge in [0.05, 0.1) is 21.8 Å². The van der Waals surface area contributed by atoms with Gasteiger partial charge >= 0.3 is 0 Å². The molecule has 0 aliphatic carbocycles. The zero-order valence-corrected chi connectivity index (χ0v) is 12.5. The highest BCUT2D eigenvalue weighted by Crippen LogP contribution is 2.26.